The van der Waals surface area contributed by atoms with Crippen LogP contribution in [0.2, 0.25) is 0 Å². The first-order valence-electron chi connectivity index (χ1n) is 9.07. The Labute approximate surface area is 168 Å². The first-order valence-corrected chi connectivity index (χ1v) is 10.3. The van der Waals surface area contributed by atoms with Crippen LogP contribution < -0.4 is 10.6 Å². The van der Waals surface area contributed by atoms with Gasteiger partial charge in [-0.15, -0.1) is 10.2 Å². The lowest BCUT2D eigenvalue weighted by atomic mass is 10.2. The van der Waals surface area contributed by atoms with Crippen molar-refractivity contribution < 1.29 is 9.72 Å². The van der Waals surface area contributed by atoms with Crippen LogP contribution in [-0.2, 0) is 13.0 Å². The molecule has 0 aliphatic heterocycles. The molecule has 2 aromatic rings. The zero-order valence-corrected chi connectivity index (χ0v) is 17.4. The fourth-order valence-corrected chi connectivity index (χ4v) is 3.29. The van der Waals surface area contributed by atoms with Crippen molar-refractivity contribution in [3.05, 3.63) is 39.7 Å². The molecule has 0 bridgehead atoms. The van der Waals surface area contributed by atoms with E-state index in [0.717, 1.165) is 30.4 Å². The summed E-state index contributed by atoms with van der Waals surface area (Å²) in [4.78, 5) is 22.4. The Hall–Kier alpha value is -2.62. The topological polar surface area (TPSA) is 115 Å². The van der Waals surface area contributed by atoms with Gasteiger partial charge in [-0.05, 0) is 37.7 Å². The highest BCUT2D eigenvalue weighted by Gasteiger charge is 2.13. The maximum atomic E-state index is 12.0. The normalized spacial score (nSPS) is 10.9. The van der Waals surface area contributed by atoms with E-state index in [1.807, 2.05) is 6.26 Å². The number of hydrogen-bond donors (Lipinski definition) is 2. The molecule has 0 radical (unpaired) electrons. The summed E-state index contributed by atoms with van der Waals surface area (Å²) in [6.07, 6.45) is 3.44. The molecule has 2 amide bonds. The molecule has 2 N–H and O–H groups in total. The van der Waals surface area contributed by atoms with Crippen molar-refractivity contribution in [3.8, 4) is 0 Å². The van der Waals surface area contributed by atoms with Gasteiger partial charge in [-0.25, -0.2) is 4.79 Å². The summed E-state index contributed by atoms with van der Waals surface area (Å²) in [5.41, 5.74) is 1.04. The fraction of sp³-hybridized carbons (Fsp3) is 0.500. The Kier molecular flexibility index (Phi) is 7.80. The summed E-state index contributed by atoms with van der Waals surface area (Å²) in [5.74, 6) is 1.42. The number of benzene rings is 1. The molecule has 2 rings (SSSR count). The van der Waals surface area contributed by atoms with E-state index in [2.05, 4.69) is 39.2 Å². The third kappa shape index (κ3) is 5.95. The SMILES string of the molecule is CSc1nnc(CCCNC(=O)Nc2ccc([N+](=O)[O-])c(C)c2)n1CC(C)C. The van der Waals surface area contributed by atoms with Crippen molar-refractivity contribution in [2.45, 2.75) is 45.3 Å². The van der Waals surface area contributed by atoms with Gasteiger partial charge in [-0.1, -0.05) is 25.6 Å². The summed E-state index contributed by atoms with van der Waals surface area (Å²) in [5, 5.41) is 25.7. The molecule has 0 atom stereocenters. The highest BCUT2D eigenvalue weighted by Crippen LogP contribution is 2.21. The summed E-state index contributed by atoms with van der Waals surface area (Å²) < 4.78 is 2.13. The molecule has 0 fully saturated rings. The molecule has 0 unspecified atom stereocenters. The lowest BCUT2D eigenvalue weighted by Crippen LogP contribution is -2.30. The molecule has 0 aliphatic carbocycles. The molecule has 1 aromatic heterocycles. The maximum absolute atomic E-state index is 12.0. The highest BCUT2D eigenvalue weighted by atomic mass is 32.2. The standard InChI is InChI=1S/C18H26N6O3S/c1-12(2)11-23-16(21-22-18(23)28-4)6-5-9-19-17(25)20-14-7-8-15(24(26)27)13(3)10-14/h7-8,10,12H,5-6,9,11H2,1-4H3,(H2,19,20,25). The minimum Gasteiger partial charge on any atom is -0.338 e. The van der Waals surface area contributed by atoms with Crippen LogP contribution in [0.4, 0.5) is 16.2 Å². The summed E-state index contributed by atoms with van der Waals surface area (Å²) in [7, 11) is 0. The lowest BCUT2D eigenvalue weighted by Gasteiger charge is -2.12. The Morgan fingerprint density at radius 3 is 2.71 bits per heavy atom. The molecule has 0 aliphatic rings. The quantitative estimate of drug-likeness (QED) is 0.284. The minimum absolute atomic E-state index is 0.0288. The number of nitrogens with one attached hydrogen (secondary N) is 2. The Morgan fingerprint density at radius 2 is 2.11 bits per heavy atom. The monoisotopic (exact) mass is 406 g/mol. The second kappa shape index (κ2) is 10.1. The second-order valence-electron chi connectivity index (χ2n) is 6.85. The van der Waals surface area contributed by atoms with E-state index in [4.69, 9.17) is 0 Å². The Bertz CT molecular complexity index is 837. The fourth-order valence-electron chi connectivity index (χ4n) is 2.77. The second-order valence-corrected chi connectivity index (χ2v) is 7.62. The Balaban J connectivity index is 1.82. The molecule has 1 heterocycles. The van der Waals surface area contributed by atoms with Gasteiger partial charge in [-0.2, -0.15) is 0 Å². The van der Waals surface area contributed by atoms with E-state index in [1.165, 1.54) is 12.1 Å². The summed E-state index contributed by atoms with van der Waals surface area (Å²) >= 11 is 1.57. The smallest absolute Gasteiger partial charge is 0.319 e. The van der Waals surface area contributed by atoms with Gasteiger partial charge >= 0.3 is 6.03 Å². The van der Waals surface area contributed by atoms with Crippen molar-refractivity contribution in [2.75, 3.05) is 18.1 Å². The molecule has 1 aromatic carbocycles. The number of nitro benzene ring substituents is 1. The third-order valence-corrected chi connectivity index (χ3v) is 4.71. The molecule has 152 valence electrons. The van der Waals surface area contributed by atoms with E-state index in [-0.39, 0.29) is 11.7 Å². The predicted molar refractivity (Wildman–Crippen MR) is 110 cm³/mol. The van der Waals surface area contributed by atoms with Gasteiger partial charge < -0.3 is 15.2 Å². The molecule has 0 saturated carbocycles. The van der Waals surface area contributed by atoms with Crippen LogP contribution in [0.5, 0.6) is 0 Å². The number of amides is 2. The van der Waals surface area contributed by atoms with Crippen LogP contribution in [0.25, 0.3) is 0 Å². The predicted octanol–water partition coefficient (Wildman–Crippen LogP) is 3.63. The van der Waals surface area contributed by atoms with Crippen LogP contribution in [0.15, 0.2) is 23.4 Å². The van der Waals surface area contributed by atoms with Crippen molar-refractivity contribution >= 4 is 29.2 Å². The van der Waals surface area contributed by atoms with E-state index in [0.29, 0.717) is 23.7 Å². The number of hydrogen-bond acceptors (Lipinski definition) is 6. The van der Waals surface area contributed by atoms with Crippen LogP contribution >= 0.6 is 11.8 Å². The van der Waals surface area contributed by atoms with Crippen LogP contribution in [0.3, 0.4) is 0 Å². The number of nitrogens with zero attached hydrogens (tertiary/aromatic N) is 4. The van der Waals surface area contributed by atoms with Crippen LogP contribution in [0, 0.1) is 23.0 Å². The van der Waals surface area contributed by atoms with Gasteiger partial charge in [0.05, 0.1) is 4.92 Å². The van der Waals surface area contributed by atoms with Gasteiger partial charge in [-0.3, -0.25) is 10.1 Å². The summed E-state index contributed by atoms with van der Waals surface area (Å²) in [6.45, 7) is 7.30. The van der Waals surface area contributed by atoms with E-state index in [9.17, 15) is 14.9 Å². The molecular formula is C18H26N6O3S. The van der Waals surface area contributed by atoms with Gasteiger partial charge in [0.25, 0.3) is 5.69 Å². The molecule has 9 nitrogen and oxygen atoms in total. The van der Waals surface area contributed by atoms with E-state index >= 15 is 0 Å². The van der Waals surface area contributed by atoms with Crippen molar-refractivity contribution in [1.82, 2.24) is 20.1 Å². The average molecular weight is 407 g/mol. The maximum Gasteiger partial charge on any atom is 0.319 e. The zero-order valence-electron chi connectivity index (χ0n) is 16.6. The van der Waals surface area contributed by atoms with Gasteiger partial charge in [0.2, 0.25) is 0 Å². The number of rotatable bonds is 9. The molecule has 0 spiro atoms. The zero-order chi connectivity index (χ0) is 20.7. The van der Waals surface area contributed by atoms with Crippen LogP contribution in [-0.4, -0.2) is 38.5 Å². The van der Waals surface area contributed by atoms with Crippen molar-refractivity contribution in [3.63, 3.8) is 0 Å². The van der Waals surface area contributed by atoms with Crippen molar-refractivity contribution in [1.29, 1.82) is 0 Å². The number of thioether (sulfide) groups is 1. The number of nitro groups is 1. The van der Waals surface area contributed by atoms with Gasteiger partial charge in [0.1, 0.15) is 5.82 Å². The van der Waals surface area contributed by atoms with Crippen molar-refractivity contribution in [2.24, 2.45) is 5.92 Å². The number of anilines is 1. The number of carbonyl (C=O) groups is 1. The minimum atomic E-state index is -0.445. The molecular weight excluding hydrogens is 380 g/mol. The largest absolute Gasteiger partial charge is 0.338 e. The van der Waals surface area contributed by atoms with Crippen LogP contribution in [0.1, 0.15) is 31.7 Å². The van der Waals surface area contributed by atoms with Gasteiger partial charge in [0, 0.05) is 36.8 Å². The van der Waals surface area contributed by atoms with Gasteiger partial charge in [0.15, 0.2) is 5.16 Å². The molecule has 0 saturated heterocycles. The Morgan fingerprint density at radius 1 is 1.36 bits per heavy atom. The van der Waals surface area contributed by atoms with E-state index in [1.54, 1.807) is 24.8 Å². The number of carbonyl (C=O) groups excluding carboxylic acids is 1. The average Bonchev–Trinajstić information content (AvgIpc) is 2.99. The molecule has 28 heavy (non-hydrogen) atoms. The highest BCUT2D eigenvalue weighted by molar-refractivity contribution is 7.98. The number of urea groups is 1. The first-order chi connectivity index (χ1) is 13.3. The number of aromatic nitrogens is 3. The number of aryl methyl sites for hydroxylation is 2. The third-order valence-electron chi connectivity index (χ3n) is 4.04. The first kappa shape index (κ1) is 21.7. The lowest BCUT2D eigenvalue weighted by molar-refractivity contribution is -0.385. The summed E-state index contributed by atoms with van der Waals surface area (Å²) in [6, 6.07) is 4.14. The van der Waals surface area contributed by atoms with E-state index < -0.39 is 4.92 Å². The molecule has 10 heteroatoms.